The van der Waals surface area contributed by atoms with Crippen molar-refractivity contribution in [1.29, 1.82) is 0 Å². The van der Waals surface area contributed by atoms with Gasteiger partial charge in [0.1, 0.15) is 5.00 Å². The van der Waals surface area contributed by atoms with Crippen LogP contribution in [0.1, 0.15) is 54.4 Å². The molecule has 0 fully saturated rings. The summed E-state index contributed by atoms with van der Waals surface area (Å²) in [4.78, 5) is 26.5. The molecule has 8 heteroatoms. The molecule has 0 spiro atoms. The quantitative estimate of drug-likeness (QED) is 0.489. The Hall–Kier alpha value is -1.76. The molecule has 1 aromatic heterocycles. The lowest BCUT2D eigenvalue weighted by Crippen LogP contribution is -2.22. The van der Waals surface area contributed by atoms with Crippen molar-refractivity contribution in [1.82, 2.24) is 0 Å². The maximum Gasteiger partial charge on any atom is 0.341 e. The fraction of sp³-hybridized carbons (Fsp3) is 0.429. The van der Waals surface area contributed by atoms with Gasteiger partial charge in [-0.3, -0.25) is 5.32 Å². The number of halogens is 2. The first kappa shape index (κ1) is 21.9. The summed E-state index contributed by atoms with van der Waals surface area (Å²) in [5.74, 6) is 0.213. The van der Waals surface area contributed by atoms with Crippen molar-refractivity contribution in [3.8, 4) is 0 Å². The third kappa shape index (κ3) is 5.24. The number of carbonyl (C=O) groups excluding carboxylic acids is 2. The first-order chi connectivity index (χ1) is 13.8. The third-order valence-electron chi connectivity index (χ3n) is 4.90. The monoisotopic (exact) mass is 454 g/mol. The maximum absolute atomic E-state index is 12.8. The summed E-state index contributed by atoms with van der Waals surface area (Å²) in [5.41, 5.74) is 2.00. The first-order valence-corrected chi connectivity index (χ1v) is 11.2. The summed E-state index contributed by atoms with van der Waals surface area (Å²) in [6, 6.07) is 4.39. The van der Waals surface area contributed by atoms with Crippen molar-refractivity contribution in [2.45, 2.75) is 52.6 Å². The molecule has 1 heterocycles. The minimum Gasteiger partial charge on any atom is -0.459 e. The van der Waals surface area contributed by atoms with Crippen LogP contribution in [0.15, 0.2) is 18.2 Å². The van der Waals surface area contributed by atoms with Crippen molar-refractivity contribution in [2.24, 2.45) is 5.92 Å². The fourth-order valence-electron chi connectivity index (χ4n) is 3.42. The smallest absolute Gasteiger partial charge is 0.341 e. The van der Waals surface area contributed by atoms with Crippen LogP contribution in [-0.4, -0.2) is 18.1 Å². The Bertz CT molecular complexity index is 927. The van der Waals surface area contributed by atoms with E-state index in [-0.39, 0.29) is 6.10 Å². The van der Waals surface area contributed by atoms with Gasteiger partial charge in [-0.25, -0.2) is 9.59 Å². The van der Waals surface area contributed by atoms with Crippen molar-refractivity contribution in [3.63, 3.8) is 0 Å². The van der Waals surface area contributed by atoms with Crippen LogP contribution in [-0.2, 0) is 17.6 Å². The number of hydrogen-bond donors (Lipinski definition) is 2. The van der Waals surface area contributed by atoms with Gasteiger partial charge in [0.15, 0.2) is 0 Å². The van der Waals surface area contributed by atoms with E-state index in [4.69, 9.17) is 27.9 Å². The second-order valence-electron chi connectivity index (χ2n) is 7.39. The third-order valence-corrected chi connectivity index (χ3v) is 6.80. The Kier molecular flexibility index (Phi) is 7.09. The van der Waals surface area contributed by atoms with Gasteiger partial charge < -0.3 is 10.1 Å². The van der Waals surface area contributed by atoms with Crippen molar-refractivity contribution in [3.05, 3.63) is 44.2 Å². The highest BCUT2D eigenvalue weighted by Gasteiger charge is 2.30. The van der Waals surface area contributed by atoms with E-state index in [1.165, 1.54) is 11.3 Å². The van der Waals surface area contributed by atoms with E-state index >= 15 is 0 Å². The number of thiophene rings is 1. The topological polar surface area (TPSA) is 67.4 Å². The number of benzene rings is 1. The lowest BCUT2D eigenvalue weighted by Gasteiger charge is -2.21. The Balaban J connectivity index is 1.85. The molecule has 1 unspecified atom stereocenters. The number of nitrogens with one attached hydrogen (secondary N) is 2. The Labute approximate surface area is 184 Å². The molecule has 2 N–H and O–H groups in total. The molecule has 1 atom stereocenters. The highest BCUT2D eigenvalue weighted by Crippen LogP contribution is 2.41. The van der Waals surface area contributed by atoms with Gasteiger partial charge in [-0.1, -0.05) is 36.5 Å². The van der Waals surface area contributed by atoms with Gasteiger partial charge in [0.25, 0.3) is 0 Å². The molecule has 3 rings (SSSR count). The molecule has 156 valence electrons. The van der Waals surface area contributed by atoms with Crippen LogP contribution in [0.25, 0.3) is 0 Å². The van der Waals surface area contributed by atoms with Crippen LogP contribution in [0.5, 0.6) is 0 Å². The van der Waals surface area contributed by atoms with Crippen LogP contribution in [0.3, 0.4) is 0 Å². The van der Waals surface area contributed by atoms with E-state index in [0.717, 1.165) is 36.1 Å². The molecule has 2 amide bonds. The molecule has 1 aliphatic rings. The number of amides is 2. The van der Waals surface area contributed by atoms with Gasteiger partial charge in [-0.15, -0.1) is 11.3 Å². The van der Waals surface area contributed by atoms with Gasteiger partial charge in [0, 0.05) is 10.6 Å². The average molecular weight is 455 g/mol. The molecule has 1 aromatic carbocycles. The van der Waals surface area contributed by atoms with Crippen LogP contribution < -0.4 is 10.6 Å². The van der Waals surface area contributed by atoms with Crippen molar-refractivity contribution >= 4 is 57.2 Å². The molecule has 0 saturated heterocycles. The number of anilines is 2. The van der Waals surface area contributed by atoms with Gasteiger partial charge in [-0.2, -0.15) is 0 Å². The van der Waals surface area contributed by atoms with Crippen LogP contribution in [0, 0.1) is 5.92 Å². The number of carbonyl (C=O) groups is 2. The van der Waals surface area contributed by atoms with Crippen molar-refractivity contribution in [2.75, 3.05) is 10.6 Å². The van der Waals surface area contributed by atoms with Gasteiger partial charge in [-0.05, 0) is 62.8 Å². The molecule has 0 radical (unpaired) electrons. The molecule has 0 bridgehead atoms. The second-order valence-corrected chi connectivity index (χ2v) is 9.31. The summed E-state index contributed by atoms with van der Waals surface area (Å²) >= 11 is 13.4. The number of fused-ring (bicyclic) bond motifs is 1. The summed E-state index contributed by atoms with van der Waals surface area (Å²) in [6.45, 7) is 5.81. The zero-order valence-corrected chi connectivity index (χ0v) is 18.9. The molecule has 5 nitrogen and oxygen atoms in total. The van der Waals surface area contributed by atoms with Crippen LogP contribution in [0.2, 0.25) is 10.0 Å². The molecule has 29 heavy (non-hydrogen) atoms. The fourth-order valence-corrected chi connectivity index (χ4v) is 5.06. The largest absolute Gasteiger partial charge is 0.459 e. The number of ether oxygens (including phenoxy) is 1. The standard InChI is InChI=1S/C21H24Cl2N2O3S/c1-4-12-5-7-14-17(9-12)29-19(18(14)20(26)28-11(2)3)25-21(27)24-13-6-8-15(22)16(23)10-13/h6,8,10-12H,4-5,7,9H2,1-3H3,(H2,24,25,27). The minimum absolute atomic E-state index is 0.233. The summed E-state index contributed by atoms with van der Waals surface area (Å²) in [6.07, 6.45) is 3.65. The summed E-state index contributed by atoms with van der Waals surface area (Å²) < 4.78 is 5.45. The van der Waals surface area contributed by atoms with Gasteiger partial charge in [0.05, 0.1) is 21.7 Å². The van der Waals surface area contributed by atoms with Crippen LogP contribution >= 0.6 is 34.5 Å². The lowest BCUT2D eigenvalue weighted by atomic mass is 9.85. The van der Waals surface area contributed by atoms with Crippen LogP contribution in [0.4, 0.5) is 15.5 Å². The van der Waals surface area contributed by atoms with E-state index in [2.05, 4.69) is 17.6 Å². The number of urea groups is 1. The Morgan fingerprint density at radius 2 is 2.00 bits per heavy atom. The molecular weight excluding hydrogens is 431 g/mol. The van der Waals surface area contributed by atoms with E-state index in [0.29, 0.717) is 32.2 Å². The SMILES string of the molecule is CCC1CCc2c(sc(NC(=O)Nc3ccc(Cl)c(Cl)c3)c2C(=O)OC(C)C)C1. The summed E-state index contributed by atoms with van der Waals surface area (Å²) in [5, 5.41) is 6.84. The van der Waals surface area contributed by atoms with Gasteiger partial charge in [0.2, 0.25) is 0 Å². The first-order valence-electron chi connectivity index (χ1n) is 9.67. The highest BCUT2D eigenvalue weighted by molar-refractivity contribution is 7.17. The molecule has 0 saturated carbocycles. The number of hydrogen-bond acceptors (Lipinski definition) is 4. The number of esters is 1. The van der Waals surface area contributed by atoms with E-state index in [1.807, 2.05) is 13.8 Å². The zero-order chi connectivity index (χ0) is 21.1. The molecule has 1 aliphatic carbocycles. The Morgan fingerprint density at radius 1 is 1.24 bits per heavy atom. The maximum atomic E-state index is 12.8. The van der Waals surface area contributed by atoms with Gasteiger partial charge >= 0.3 is 12.0 Å². The van der Waals surface area contributed by atoms with E-state index in [9.17, 15) is 9.59 Å². The minimum atomic E-state index is -0.451. The number of rotatable bonds is 5. The predicted molar refractivity (Wildman–Crippen MR) is 120 cm³/mol. The molecule has 0 aliphatic heterocycles. The van der Waals surface area contributed by atoms with E-state index < -0.39 is 12.0 Å². The summed E-state index contributed by atoms with van der Waals surface area (Å²) in [7, 11) is 0. The zero-order valence-electron chi connectivity index (χ0n) is 16.6. The normalized spacial score (nSPS) is 15.7. The second kappa shape index (κ2) is 9.37. The van der Waals surface area contributed by atoms with Crippen molar-refractivity contribution < 1.29 is 14.3 Å². The Morgan fingerprint density at radius 3 is 2.66 bits per heavy atom. The predicted octanol–water partition coefficient (Wildman–Crippen LogP) is 6.78. The highest BCUT2D eigenvalue weighted by atomic mass is 35.5. The molecular formula is C21H24Cl2N2O3S. The van der Waals surface area contributed by atoms with E-state index in [1.54, 1.807) is 18.2 Å². The molecule has 2 aromatic rings. The average Bonchev–Trinajstić information content (AvgIpc) is 3.00. The lowest BCUT2D eigenvalue weighted by molar-refractivity contribution is 0.0378.